The van der Waals surface area contributed by atoms with Crippen molar-refractivity contribution >= 4 is 29.1 Å². The van der Waals surface area contributed by atoms with Crippen LogP contribution in [0.3, 0.4) is 0 Å². The Bertz CT molecular complexity index is 759. The van der Waals surface area contributed by atoms with Gasteiger partial charge in [-0.15, -0.1) is 0 Å². The van der Waals surface area contributed by atoms with Gasteiger partial charge in [0.15, 0.2) is 6.61 Å². The molecule has 7 nitrogen and oxygen atoms in total. The number of anilines is 1. The molecule has 0 saturated carbocycles. The maximum absolute atomic E-state index is 12.1. The van der Waals surface area contributed by atoms with Crippen molar-refractivity contribution in [1.29, 1.82) is 0 Å². The molecule has 2 amide bonds. The summed E-state index contributed by atoms with van der Waals surface area (Å²) in [5.74, 6) is -0.0174. The van der Waals surface area contributed by atoms with E-state index >= 15 is 0 Å². The molecule has 2 aromatic rings. The Kier molecular flexibility index (Phi) is 4.20. The maximum Gasteiger partial charge on any atom is 0.265 e. The van der Waals surface area contributed by atoms with E-state index in [9.17, 15) is 9.59 Å². The summed E-state index contributed by atoms with van der Waals surface area (Å²) >= 11 is 5.97. The molecular formula is C15H15ClN4O3. The van der Waals surface area contributed by atoms with Crippen molar-refractivity contribution < 1.29 is 14.3 Å². The van der Waals surface area contributed by atoms with E-state index in [2.05, 4.69) is 10.4 Å². The molecule has 0 bridgehead atoms. The molecule has 0 unspecified atom stereocenters. The third kappa shape index (κ3) is 3.29. The molecule has 0 spiro atoms. The van der Waals surface area contributed by atoms with Crippen LogP contribution in [-0.2, 0) is 23.2 Å². The first-order valence-electron chi connectivity index (χ1n) is 7.01. The van der Waals surface area contributed by atoms with Gasteiger partial charge in [-0.2, -0.15) is 5.10 Å². The van der Waals surface area contributed by atoms with Crippen molar-refractivity contribution in [2.45, 2.75) is 6.54 Å². The van der Waals surface area contributed by atoms with E-state index in [1.807, 2.05) is 6.07 Å². The molecule has 1 N–H and O–H groups in total. The van der Waals surface area contributed by atoms with Gasteiger partial charge >= 0.3 is 0 Å². The quantitative estimate of drug-likeness (QED) is 0.909. The second kappa shape index (κ2) is 6.29. The number of fused-ring (bicyclic) bond motifs is 1. The van der Waals surface area contributed by atoms with Gasteiger partial charge in [0, 0.05) is 18.3 Å². The fourth-order valence-electron chi connectivity index (χ4n) is 2.31. The number of hydrogen-bond donors (Lipinski definition) is 1. The lowest BCUT2D eigenvalue weighted by Gasteiger charge is -2.29. The summed E-state index contributed by atoms with van der Waals surface area (Å²) in [6, 6.07) is 6.79. The zero-order chi connectivity index (χ0) is 16.4. The number of nitrogens with one attached hydrogen (secondary N) is 1. The highest BCUT2D eigenvalue weighted by molar-refractivity contribution is 6.31. The van der Waals surface area contributed by atoms with Crippen LogP contribution in [0.5, 0.6) is 5.75 Å². The van der Waals surface area contributed by atoms with Crippen molar-refractivity contribution in [3.8, 4) is 5.75 Å². The van der Waals surface area contributed by atoms with Gasteiger partial charge in [-0.3, -0.25) is 19.2 Å². The minimum atomic E-state index is -0.282. The van der Waals surface area contributed by atoms with Gasteiger partial charge in [-0.25, -0.2) is 0 Å². The summed E-state index contributed by atoms with van der Waals surface area (Å²) in [5, 5.41) is 7.28. The second-order valence-corrected chi connectivity index (χ2v) is 5.54. The topological polar surface area (TPSA) is 76.5 Å². The number of amides is 2. The number of aryl methyl sites for hydroxylation is 1. The number of aromatic nitrogens is 2. The highest BCUT2D eigenvalue weighted by Crippen LogP contribution is 2.34. The summed E-state index contributed by atoms with van der Waals surface area (Å²) < 4.78 is 7.02. The number of carbonyl (C=O) groups is 2. The van der Waals surface area contributed by atoms with E-state index < -0.39 is 0 Å². The lowest BCUT2D eigenvalue weighted by Crippen LogP contribution is -2.45. The number of nitrogens with zero attached hydrogens (tertiary/aromatic N) is 3. The predicted octanol–water partition coefficient (Wildman–Crippen LogP) is 1.12. The molecule has 3 rings (SSSR count). The minimum absolute atomic E-state index is 0.0899. The fourth-order valence-corrected chi connectivity index (χ4v) is 2.48. The normalized spacial score (nSPS) is 13.5. The number of halogens is 1. The smallest absolute Gasteiger partial charge is 0.265 e. The average molecular weight is 335 g/mol. The average Bonchev–Trinajstić information content (AvgIpc) is 2.93. The largest absolute Gasteiger partial charge is 0.482 e. The Balaban J connectivity index is 1.69. The van der Waals surface area contributed by atoms with Crippen molar-refractivity contribution in [1.82, 2.24) is 15.1 Å². The van der Waals surface area contributed by atoms with Gasteiger partial charge in [0.2, 0.25) is 5.91 Å². The zero-order valence-electron chi connectivity index (χ0n) is 12.5. The highest BCUT2D eigenvalue weighted by atomic mass is 35.5. The maximum atomic E-state index is 12.1. The molecule has 23 heavy (non-hydrogen) atoms. The Hall–Kier alpha value is -2.54. The SMILES string of the molecule is Cn1nccc1CNC(=O)CN1C(=O)COc2ccc(Cl)cc21. The fraction of sp³-hybridized carbons (Fsp3) is 0.267. The molecular weight excluding hydrogens is 320 g/mol. The standard InChI is InChI=1S/C15H15ClN4O3/c1-19-11(4-5-18-19)7-17-14(21)8-20-12-6-10(16)2-3-13(12)23-9-15(20)22/h2-6H,7-9H2,1H3,(H,17,21). The van der Waals surface area contributed by atoms with E-state index in [0.717, 1.165) is 5.69 Å². The molecule has 0 atom stereocenters. The summed E-state index contributed by atoms with van der Waals surface area (Å²) in [6.07, 6.45) is 1.66. The van der Waals surface area contributed by atoms with Crippen LogP contribution in [-0.4, -0.2) is 34.7 Å². The van der Waals surface area contributed by atoms with E-state index in [-0.39, 0.29) is 25.0 Å². The van der Waals surface area contributed by atoms with Crippen LogP contribution in [0, 0.1) is 0 Å². The lowest BCUT2D eigenvalue weighted by molar-refractivity contribution is -0.125. The van der Waals surface area contributed by atoms with Crippen LogP contribution in [0.4, 0.5) is 5.69 Å². The summed E-state index contributed by atoms with van der Waals surface area (Å²) in [4.78, 5) is 25.6. The van der Waals surface area contributed by atoms with Crippen LogP contribution in [0.2, 0.25) is 5.02 Å². The Morgan fingerprint density at radius 3 is 3.00 bits per heavy atom. The number of rotatable bonds is 4. The van der Waals surface area contributed by atoms with E-state index in [0.29, 0.717) is 23.0 Å². The van der Waals surface area contributed by atoms with Gasteiger partial charge in [-0.1, -0.05) is 11.6 Å². The molecule has 0 radical (unpaired) electrons. The number of benzene rings is 1. The first kappa shape index (κ1) is 15.4. The molecule has 1 aromatic carbocycles. The molecule has 8 heteroatoms. The summed E-state index contributed by atoms with van der Waals surface area (Å²) in [7, 11) is 1.80. The number of ether oxygens (including phenoxy) is 1. The minimum Gasteiger partial charge on any atom is -0.482 e. The van der Waals surface area contributed by atoms with Crippen LogP contribution in [0.15, 0.2) is 30.5 Å². The van der Waals surface area contributed by atoms with Crippen LogP contribution >= 0.6 is 11.6 Å². The Labute approximate surface area is 137 Å². The van der Waals surface area contributed by atoms with E-state index in [4.69, 9.17) is 16.3 Å². The molecule has 0 fully saturated rings. The van der Waals surface area contributed by atoms with Crippen molar-refractivity contribution in [3.63, 3.8) is 0 Å². The molecule has 120 valence electrons. The monoisotopic (exact) mass is 334 g/mol. The third-order valence-corrected chi connectivity index (χ3v) is 3.79. The summed E-state index contributed by atoms with van der Waals surface area (Å²) in [5.41, 5.74) is 1.37. The second-order valence-electron chi connectivity index (χ2n) is 5.10. The molecule has 2 heterocycles. The molecule has 1 aliphatic rings. The highest BCUT2D eigenvalue weighted by Gasteiger charge is 2.27. The zero-order valence-corrected chi connectivity index (χ0v) is 13.2. The van der Waals surface area contributed by atoms with Gasteiger partial charge in [0.05, 0.1) is 17.9 Å². The molecule has 1 aromatic heterocycles. The predicted molar refractivity (Wildman–Crippen MR) is 84.4 cm³/mol. The summed E-state index contributed by atoms with van der Waals surface area (Å²) in [6.45, 7) is 0.160. The van der Waals surface area contributed by atoms with Gasteiger partial charge in [0.25, 0.3) is 5.91 Å². The lowest BCUT2D eigenvalue weighted by atomic mass is 10.2. The van der Waals surface area contributed by atoms with Crippen molar-refractivity contribution in [2.24, 2.45) is 7.05 Å². The van der Waals surface area contributed by atoms with Gasteiger partial charge in [0.1, 0.15) is 12.3 Å². The van der Waals surface area contributed by atoms with Crippen molar-refractivity contribution in [2.75, 3.05) is 18.1 Å². The molecule has 1 aliphatic heterocycles. The van der Waals surface area contributed by atoms with Gasteiger partial charge < -0.3 is 10.1 Å². The first-order chi connectivity index (χ1) is 11.0. The third-order valence-electron chi connectivity index (χ3n) is 3.55. The molecule has 0 saturated heterocycles. The van der Waals surface area contributed by atoms with E-state index in [1.54, 1.807) is 36.1 Å². The Morgan fingerprint density at radius 2 is 2.26 bits per heavy atom. The van der Waals surface area contributed by atoms with E-state index in [1.165, 1.54) is 4.90 Å². The molecule has 0 aliphatic carbocycles. The number of carbonyl (C=O) groups excluding carboxylic acids is 2. The van der Waals surface area contributed by atoms with Gasteiger partial charge in [-0.05, 0) is 24.3 Å². The van der Waals surface area contributed by atoms with Crippen LogP contribution in [0.1, 0.15) is 5.69 Å². The first-order valence-corrected chi connectivity index (χ1v) is 7.38. The number of hydrogen-bond acceptors (Lipinski definition) is 4. The van der Waals surface area contributed by atoms with Crippen molar-refractivity contribution in [3.05, 3.63) is 41.2 Å². The Morgan fingerprint density at radius 1 is 1.43 bits per heavy atom. The van der Waals surface area contributed by atoms with Crippen LogP contribution < -0.4 is 15.0 Å². The van der Waals surface area contributed by atoms with Crippen LogP contribution in [0.25, 0.3) is 0 Å².